The Kier molecular flexibility index (Phi) is 34.6. The van der Waals surface area contributed by atoms with E-state index in [1.165, 1.54) is 109 Å². The molecule has 0 aliphatic rings. The number of phosphoric acid groups is 1. The molecule has 0 rings (SSSR count). The van der Waals surface area contributed by atoms with E-state index in [9.17, 15) is 19.4 Å². The number of nitrogens with one attached hydrogen (secondary N) is 1. The van der Waals surface area contributed by atoms with Gasteiger partial charge in [0.25, 0.3) is 0 Å². The Morgan fingerprint density at radius 2 is 1.06 bits per heavy atom. The van der Waals surface area contributed by atoms with Crippen LogP contribution < -0.4 is 5.32 Å². The first-order valence-corrected chi connectivity index (χ1v) is 22.9. The fourth-order valence-corrected chi connectivity index (χ4v) is 6.61. The third kappa shape index (κ3) is 37.1. The molecule has 0 aliphatic heterocycles. The number of aliphatic hydroxyl groups is 1. The molecular weight excluding hydrogens is 671 g/mol. The maximum atomic E-state index is 12.8. The molecule has 3 unspecified atom stereocenters. The number of unbranched alkanes of at least 4 members (excludes halogenated alkanes) is 21. The van der Waals surface area contributed by atoms with Gasteiger partial charge in [-0.05, 0) is 57.8 Å². The molecule has 52 heavy (non-hydrogen) atoms. The minimum atomic E-state index is -4.34. The number of likely N-dealkylation sites (N-methyl/N-ethyl adjacent to an activating group) is 1. The Bertz CT molecular complexity index is 948. The van der Waals surface area contributed by atoms with Crippen LogP contribution in [-0.2, 0) is 18.4 Å². The van der Waals surface area contributed by atoms with Gasteiger partial charge in [-0.3, -0.25) is 13.8 Å². The lowest BCUT2D eigenvalue weighted by atomic mass is 10.1. The molecule has 0 heterocycles. The van der Waals surface area contributed by atoms with E-state index < -0.39 is 20.0 Å². The van der Waals surface area contributed by atoms with Gasteiger partial charge in [0.05, 0.1) is 39.9 Å². The summed E-state index contributed by atoms with van der Waals surface area (Å²) in [6.45, 7) is 4.76. The molecule has 0 aromatic rings. The van der Waals surface area contributed by atoms with Crippen LogP contribution in [0.1, 0.15) is 181 Å². The SMILES string of the molecule is CCCCCCCC/C=C\CCCCCC(=O)NC(COP(=O)(O)OCC[N+](C)(C)C)C(O)/C=C/CC/C=C/CCCCCCCCCCCCC. The van der Waals surface area contributed by atoms with Gasteiger partial charge in [-0.25, -0.2) is 4.57 Å². The van der Waals surface area contributed by atoms with Gasteiger partial charge in [0.1, 0.15) is 13.2 Å². The number of rotatable bonds is 38. The van der Waals surface area contributed by atoms with Crippen molar-refractivity contribution in [3.8, 4) is 0 Å². The quantitative estimate of drug-likeness (QED) is 0.0251. The molecule has 0 radical (unpaired) electrons. The topological polar surface area (TPSA) is 105 Å². The zero-order valence-corrected chi connectivity index (χ0v) is 35.4. The third-order valence-electron chi connectivity index (χ3n) is 9.33. The fraction of sp³-hybridized carbons (Fsp3) is 0.837. The highest BCUT2D eigenvalue weighted by Gasteiger charge is 2.27. The summed E-state index contributed by atoms with van der Waals surface area (Å²) in [5.41, 5.74) is 0. The van der Waals surface area contributed by atoms with Crippen molar-refractivity contribution in [1.82, 2.24) is 5.32 Å². The minimum absolute atomic E-state index is 0.0533. The molecule has 0 saturated carbocycles. The van der Waals surface area contributed by atoms with Gasteiger partial charge in [-0.2, -0.15) is 0 Å². The number of carbonyl (C=O) groups is 1. The average molecular weight is 756 g/mol. The van der Waals surface area contributed by atoms with E-state index >= 15 is 0 Å². The van der Waals surface area contributed by atoms with Gasteiger partial charge in [-0.1, -0.05) is 153 Å². The van der Waals surface area contributed by atoms with E-state index in [4.69, 9.17) is 9.05 Å². The second-order valence-corrected chi connectivity index (χ2v) is 17.2. The Labute approximate surface area is 321 Å². The molecule has 3 atom stereocenters. The monoisotopic (exact) mass is 756 g/mol. The van der Waals surface area contributed by atoms with Crippen LogP contribution in [0.5, 0.6) is 0 Å². The van der Waals surface area contributed by atoms with Crippen LogP contribution in [0.15, 0.2) is 36.5 Å². The number of allylic oxidation sites excluding steroid dienone is 5. The first-order chi connectivity index (χ1) is 25.0. The van der Waals surface area contributed by atoms with E-state index in [1.54, 1.807) is 6.08 Å². The first kappa shape index (κ1) is 50.7. The number of carbonyl (C=O) groups excluding carboxylic acids is 1. The maximum absolute atomic E-state index is 12.8. The van der Waals surface area contributed by atoms with Crippen molar-refractivity contribution < 1.29 is 32.9 Å². The van der Waals surface area contributed by atoms with Crippen LogP contribution in [0.2, 0.25) is 0 Å². The molecule has 8 nitrogen and oxygen atoms in total. The second-order valence-electron chi connectivity index (χ2n) is 15.7. The molecule has 9 heteroatoms. The summed E-state index contributed by atoms with van der Waals surface area (Å²) in [7, 11) is 1.54. The Hall–Kier alpha value is -1.28. The van der Waals surface area contributed by atoms with Crippen molar-refractivity contribution in [3.63, 3.8) is 0 Å². The fourth-order valence-electron chi connectivity index (χ4n) is 5.87. The van der Waals surface area contributed by atoms with Gasteiger partial charge >= 0.3 is 7.82 Å². The lowest BCUT2D eigenvalue weighted by Gasteiger charge is -2.25. The number of amides is 1. The average Bonchev–Trinajstić information content (AvgIpc) is 3.09. The lowest BCUT2D eigenvalue weighted by molar-refractivity contribution is -0.870. The third-order valence-corrected chi connectivity index (χ3v) is 10.3. The Balaban J connectivity index is 4.54. The van der Waals surface area contributed by atoms with Gasteiger partial charge in [-0.15, -0.1) is 0 Å². The molecular formula is C43H84N2O6P+. The highest BCUT2D eigenvalue weighted by atomic mass is 31.2. The summed E-state index contributed by atoms with van der Waals surface area (Å²) in [6.07, 6.45) is 42.1. The predicted octanol–water partition coefficient (Wildman–Crippen LogP) is 11.5. The predicted molar refractivity (Wildman–Crippen MR) is 221 cm³/mol. The Morgan fingerprint density at radius 1 is 0.635 bits per heavy atom. The van der Waals surface area contributed by atoms with Crippen molar-refractivity contribution in [2.45, 2.75) is 193 Å². The number of quaternary nitrogens is 1. The van der Waals surface area contributed by atoms with Crippen LogP contribution in [-0.4, -0.2) is 73.4 Å². The molecule has 0 aliphatic carbocycles. The number of hydrogen-bond donors (Lipinski definition) is 3. The van der Waals surface area contributed by atoms with Crippen molar-refractivity contribution in [3.05, 3.63) is 36.5 Å². The molecule has 0 fully saturated rings. The first-order valence-electron chi connectivity index (χ1n) is 21.4. The number of hydrogen-bond acceptors (Lipinski definition) is 5. The van der Waals surface area contributed by atoms with Crippen LogP contribution in [0.3, 0.4) is 0 Å². The highest BCUT2D eigenvalue weighted by Crippen LogP contribution is 2.43. The van der Waals surface area contributed by atoms with Crippen molar-refractivity contribution in [2.24, 2.45) is 0 Å². The standard InChI is InChI=1S/C43H83N2O6P/c1-6-8-10-12-14-16-18-20-21-22-23-25-26-28-30-32-34-36-42(46)41(40-51-52(48,49)50-39-38-45(3,4)5)44-43(47)37-35-33-31-29-27-24-19-17-15-13-11-9-7-2/h24,26-28,34,36,41-42,46H,6-23,25,29-33,35,37-40H2,1-5H3,(H-,44,47,48,49)/p+1/b27-24-,28-26+,36-34+. The number of aliphatic hydroxyl groups excluding tert-OH is 1. The van der Waals surface area contributed by atoms with Crippen LogP contribution >= 0.6 is 7.82 Å². The van der Waals surface area contributed by atoms with Gasteiger partial charge < -0.3 is 19.8 Å². The molecule has 1 amide bonds. The van der Waals surface area contributed by atoms with Crippen molar-refractivity contribution in [2.75, 3.05) is 40.9 Å². The molecule has 0 bridgehead atoms. The highest BCUT2D eigenvalue weighted by molar-refractivity contribution is 7.47. The number of nitrogens with zero attached hydrogens (tertiary/aromatic N) is 1. The maximum Gasteiger partial charge on any atom is 0.472 e. The minimum Gasteiger partial charge on any atom is -0.387 e. The normalized spacial score (nSPS) is 14.8. The zero-order chi connectivity index (χ0) is 38.6. The van der Waals surface area contributed by atoms with Gasteiger partial charge in [0.15, 0.2) is 0 Å². The van der Waals surface area contributed by atoms with Crippen molar-refractivity contribution in [1.29, 1.82) is 0 Å². The molecule has 0 aromatic carbocycles. The lowest BCUT2D eigenvalue weighted by Crippen LogP contribution is -2.45. The molecule has 0 spiro atoms. The zero-order valence-electron chi connectivity index (χ0n) is 34.5. The van der Waals surface area contributed by atoms with E-state index in [2.05, 4.69) is 43.5 Å². The molecule has 0 aromatic heterocycles. The summed E-state index contributed by atoms with van der Waals surface area (Å²) in [6, 6.07) is -0.868. The molecule has 3 N–H and O–H groups in total. The smallest absolute Gasteiger partial charge is 0.387 e. The summed E-state index contributed by atoms with van der Waals surface area (Å²) in [4.78, 5) is 23.0. The van der Waals surface area contributed by atoms with E-state index in [1.807, 2.05) is 27.2 Å². The van der Waals surface area contributed by atoms with Crippen molar-refractivity contribution >= 4 is 13.7 Å². The summed E-state index contributed by atoms with van der Waals surface area (Å²) >= 11 is 0. The van der Waals surface area contributed by atoms with E-state index in [0.29, 0.717) is 17.4 Å². The summed E-state index contributed by atoms with van der Waals surface area (Å²) in [5, 5.41) is 13.8. The summed E-state index contributed by atoms with van der Waals surface area (Å²) in [5.74, 6) is -0.205. The number of phosphoric ester groups is 1. The molecule has 306 valence electrons. The molecule has 0 saturated heterocycles. The van der Waals surface area contributed by atoms with Gasteiger partial charge in [0, 0.05) is 6.42 Å². The summed E-state index contributed by atoms with van der Waals surface area (Å²) < 4.78 is 23.5. The Morgan fingerprint density at radius 3 is 1.54 bits per heavy atom. The van der Waals surface area contributed by atoms with E-state index in [-0.39, 0.29) is 19.1 Å². The van der Waals surface area contributed by atoms with Crippen LogP contribution in [0.25, 0.3) is 0 Å². The largest absolute Gasteiger partial charge is 0.472 e. The van der Waals surface area contributed by atoms with E-state index in [0.717, 1.165) is 51.4 Å². The van der Waals surface area contributed by atoms with Crippen LogP contribution in [0, 0.1) is 0 Å². The second kappa shape index (κ2) is 35.4. The van der Waals surface area contributed by atoms with Gasteiger partial charge in [0.2, 0.25) is 5.91 Å². The van der Waals surface area contributed by atoms with Crippen LogP contribution in [0.4, 0.5) is 0 Å².